The van der Waals surface area contributed by atoms with E-state index in [9.17, 15) is 14.7 Å². The number of unbranched alkanes of at least 4 members (excludes halogenated alkanes) is 1. The van der Waals surface area contributed by atoms with Gasteiger partial charge in [-0.3, -0.25) is 9.59 Å². The van der Waals surface area contributed by atoms with Crippen molar-refractivity contribution in [1.82, 2.24) is 15.3 Å². The van der Waals surface area contributed by atoms with Gasteiger partial charge in [0, 0.05) is 49.5 Å². The number of aromatic nitrogens is 2. The summed E-state index contributed by atoms with van der Waals surface area (Å²) in [4.78, 5) is 33.2. The molecular weight excluding hydrogens is 602 g/mol. The predicted molar refractivity (Wildman–Crippen MR) is 177 cm³/mol. The highest BCUT2D eigenvalue weighted by atomic mass is 32.2. The van der Waals surface area contributed by atoms with Crippen LogP contribution in [-0.2, 0) is 32.2 Å². The van der Waals surface area contributed by atoms with Gasteiger partial charge in [0.1, 0.15) is 0 Å². The smallest absolute Gasteiger partial charge is 0.224 e. The Morgan fingerprint density at radius 2 is 1.52 bits per heavy atom. The monoisotopic (exact) mass is 641 g/mol. The minimum atomic E-state index is -0.572. The molecule has 0 radical (unpaired) electrons. The first-order chi connectivity index (χ1) is 22.5. The average Bonchev–Trinajstić information content (AvgIpc) is 3.10. The lowest BCUT2D eigenvalue weighted by molar-refractivity contribution is -0.245. The number of benzene rings is 3. The molecular formula is C35H39N5O5S. The van der Waals surface area contributed by atoms with Crippen molar-refractivity contribution in [2.75, 3.05) is 16.8 Å². The van der Waals surface area contributed by atoms with Gasteiger partial charge in [-0.2, -0.15) is 0 Å². The van der Waals surface area contributed by atoms with Crippen molar-refractivity contribution in [3.63, 3.8) is 0 Å². The van der Waals surface area contributed by atoms with Gasteiger partial charge in [-0.1, -0.05) is 72.4 Å². The summed E-state index contributed by atoms with van der Waals surface area (Å²) in [6.07, 6.45) is 5.15. The van der Waals surface area contributed by atoms with Gasteiger partial charge in [-0.05, 0) is 47.7 Å². The van der Waals surface area contributed by atoms with Crippen molar-refractivity contribution in [2.45, 2.75) is 68.9 Å². The van der Waals surface area contributed by atoms with Gasteiger partial charge in [-0.25, -0.2) is 9.97 Å². The van der Waals surface area contributed by atoms with Crippen LogP contribution in [0.1, 0.15) is 66.8 Å². The average molecular weight is 642 g/mol. The van der Waals surface area contributed by atoms with Gasteiger partial charge in [-0.15, -0.1) is 0 Å². The summed E-state index contributed by atoms with van der Waals surface area (Å²) in [5.41, 5.74) is 10.7. The first kappa shape index (κ1) is 33.1. The highest BCUT2D eigenvalue weighted by Gasteiger charge is 2.32. The third-order valence-corrected chi connectivity index (χ3v) is 8.60. The zero-order chi connectivity index (χ0) is 32.1. The largest absolute Gasteiger partial charge is 0.397 e. The lowest BCUT2D eigenvalue weighted by atomic mass is 10.0. The molecule has 1 aliphatic rings. The van der Waals surface area contributed by atoms with Crippen LogP contribution in [0.25, 0.3) is 0 Å². The first-order valence-electron chi connectivity index (χ1n) is 15.4. The third kappa shape index (κ3) is 9.85. The molecule has 5 rings (SSSR count). The molecule has 240 valence electrons. The summed E-state index contributed by atoms with van der Waals surface area (Å²) in [5, 5.41) is 15.9. The number of hydrogen-bond acceptors (Lipinski definition) is 9. The van der Waals surface area contributed by atoms with Gasteiger partial charge in [0.2, 0.25) is 11.8 Å². The second-order valence-corrected chi connectivity index (χ2v) is 12.0. The number of ether oxygens (including phenoxy) is 2. The van der Waals surface area contributed by atoms with Crippen LogP contribution in [0, 0.1) is 0 Å². The molecule has 4 aromatic rings. The molecule has 3 aromatic carbocycles. The van der Waals surface area contributed by atoms with Crippen LogP contribution in [0.15, 0.2) is 96.4 Å². The zero-order valence-corrected chi connectivity index (χ0v) is 26.3. The number of hydrogen-bond donors (Lipinski definition) is 4. The lowest BCUT2D eigenvalue weighted by Gasteiger charge is -2.36. The standard InChI is InChI=1S/C35H39N5O5S/c36-29-6-1-2-7-30(29)40-33(43)9-4-3-8-32(42)39-21-24-10-16-27(17-11-24)34-44-28(23-46-35-37-18-5-19-38-35)20-31(45-34)26-14-12-25(22-41)13-15-26/h1-2,5-7,10-19,28,31,34,41H,3-4,8-9,20-23,36H2,(H,39,42)(H,40,43)/t28-,31+,34+/m1/s1. The van der Waals surface area contributed by atoms with Crippen LogP contribution in [0.4, 0.5) is 11.4 Å². The summed E-state index contributed by atoms with van der Waals surface area (Å²) in [5.74, 6) is 0.491. The zero-order valence-electron chi connectivity index (χ0n) is 25.5. The number of anilines is 2. The number of carbonyl (C=O) groups excluding carboxylic acids is 2. The van der Waals surface area contributed by atoms with E-state index in [0.29, 0.717) is 60.9 Å². The summed E-state index contributed by atoms with van der Waals surface area (Å²) >= 11 is 1.55. The van der Waals surface area contributed by atoms with Gasteiger partial charge in [0.25, 0.3) is 0 Å². The van der Waals surface area contributed by atoms with Crippen LogP contribution >= 0.6 is 11.8 Å². The highest BCUT2D eigenvalue weighted by molar-refractivity contribution is 7.99. The molecule has 1 aliphatic heterocycles. The number of nitrogens with two attached hydrogens (primary N) is 1. The molecule has 2 heterocycles. The van der Waals surface area contributed by atoms with E-state index in [1.54, 1.807) is 42.4 Å². The number of rotatable bonds is 14. The topological polar surface area (TPSA) is 149 Å². The quantitative estimate of drug-likeness (QED) is 0.0588. The number of amides is 2. The molecule has 1 aromatic heterocycles. The Bertz CT molecular complexity index is 1560. The summed E-state index contributed by atoms with van der Waals surface area (Å²) in [6, 6.07) is 24.6. The normalized spacial score (nSPS) is 17.7. The Labute approximate surface area is 273 Å². The predicted octanol–water partition coefficient (Wildman–Crippen LogP) is 5.70. The number of nitrogen functional groups attached to an aromatic ring is 1. The van der Waals surface area contributed by atoms with Crippen molar-refractivity contribution < 1.29 is 24.2 Å². The van der Waals surface area contributed by atoms with Crippen LogP contribution in [-0.4, -0.2) is 38.7 Å². The Balaban J connectivity index is 1.10. The number of para-hydroxylation sites is 2. The number of aliphatic hydroxyl groups excluding tert-OH is 1. The fourth-order valence-corrected chi connectivity index (χ4v) is 5.85. The number of nitrogens with zero attached hydrogens (tertiary/aromatic N) is 2. The van der Waals surface area contributed by atoms with Crippen molar-refractivity contribution in [1.29, 1.82) is 0 Å². The minimum Gasteiger partial charge on any atom is -0.397 e. The Kier molecular flexibility index (Phi) is 12.1. The molecule has 10 nitrogen and oxygen atoms in total. The highest BCUT2D eigenvalue weighted by Crippen LogP contribution is 2.39. The molecule has 3 atom stereocenters. The van der Waals surface area contributed by atoms with E-state index in [1.165, 1.54) is 0 Å². The third-order valence-electron chi connectivity index (χ3n) is 7.59. The van der Waals surface area contributed by atoms with Crippen molar-refractivity contribution >= 4 is 35.0 Å². The molecule has 0 spiro atoms. The molecule has 1 fully saturated rings. The van der Waals surface area contributed by atoms with E-state index in [-0.39, 0.29) is 30.6 Å². The SMILES string of the molecule is Nc1ccccc1NC(=O)CCCCC(=O)NCc1ccc([C@H]2O[C@@H](CSc3ncccn3)C[C@@H](c3ccc(CO)cc3)O2)cc1. The minimum absolute atomic E-state index is 0.00907. The van der Waals surface area contributed by atoms with Crippen molar-refractivity contribution in [3.8, 4) is 0 Å². The molecule has 11 heteroatoms. The molecule has 0 aliphatic carbocycles. The fraction of sp³-hybridized carbons (Fsp3) is 0.314. The number of carbonyl (C=O) groups is 2. The van der Waals surface area contributed by atoms with Crippen molar-refractivity contribution in [2.24, 2.45) is 0 Å². The number of thioether (sulfide) groups is 1. The summed E-state index contributed by atoms with van der Waals surface area (Å²) in [7, 11) is 0. The van der Waals surface area contributed by atoms with Gasteiger partial charge >= 0.3 is 0 Å². The Morgan fingerprint density at radius 1 is 0.848 bits per heavy atom. The maximum Gasteiger partial charge on any atom is 0.224 e. The summed E-state index contributed by atoms with van der Waals surface area (Å²) < 4.78 is 12.8. The Hall–Kier alpha value is -4.29. The van der Waals surface area contributed by atoms with Gasteiger partial charge < -0.3 is 30.9 Å². The van der Waals surface area contributed by atoms with E-state index in [2.05, 4.69) is 20.6 Å². The van der Waals surface area contributed by atoms with Gasteiger partial charge in [0.15, 0.2) is 11.4 Å². The second kappa shape index (κ2) is 16.9. The number of aliphatic hydroxyl groups is 1. The van der Waals surface area contributed by atoms with E-state index in [1.807, 2.05) is 60.7 Å². The molecule has 0 unspecified atom stereocenters. The molecule has 0 saturated carbocycles. The van der Waals surface area contributed by atoms with Gasteiger partial charge in [0.05, 0.1) is 30.2 Å². The molecule has 1 saturated heterocycles. The molecule has 2 amide bonds. The maximum absolute atomic E-state index is 12.4. The second-order valence-electron chi connectivity index (χ2n) is 11.1. The fourth-order valence-electron chi connectivity index (χ4n) is 5.03. The van der Waals surface area contributed by atoms with E-state index < -0.39 is 6.29 Å². The molecule has 46 heavy (non-hydrogen) atoms. The van der Waals surface area contributed by atoms with E-state index in [4.69, 9.17) is 15.2 Å². The summed E-state index contributed by atoms with van der Waals surface area (Å²) in [6.45, 7) is 0.389. The van der Waals surface area contributed by atoms with E-state index >= 15 is 0 Å². The molecule has 0 bridgehead atoms. The molecule has 5 N–H and O–H groups in total. The Morgan fingerprint density at radius 3 is 2.24 bits per heavy atom. The van der Waals surface area contributed by atoms with Crippen LogP contribution in [0.2, 0.25) is 0 Å². The number of nitrogens with one attached hydrogen (secondary N) is 2. The van der Waals surface area contributed by atoms with Crippen molar-refractivity contribution in [3.05, 3.63) is 114 Å². The van der Waals surface area contributed by atoms with E-state index in [0.717, 1.165) is 22.3 Å². The lowest BCUT2D eigenvalue weighted by Crippen LogP contribution is -2.31. The van der Waals surface area contributed by atoms with Crippen LogP contribution < -0.4 is 16.4 Å². The van der Waals surface area contributed by atoms with Crippen LogP contribution in [0.3, 0.4) is 0 Å². The maximum atomic E-state index is 12.4. The van der Waals surface area contributed by atoms with Crippen LogP contribution in [0.5, 0.6) is 0 Å². The first-order valence-corrected chi connectivity index (χ1v) is 16.4.